The Bertz CT molecular complexity index is 589. The third-order valence-electron chi connectivity index (χ3n) is 3.91. The summed E-state index contributed by atoms with van der Waals surface area (Å²) >= 11 is 0. The van der Waals surface area contributed by atoms with Gasteiger partial charge in [0.15, 0.2) is 9.84 Å². The molecule has 0 radical (unpaired) electrons. The summed E-state index contributed by atoms with van der Waals surface area (Å²) in [7, 11) is -1.10. The number of nitrogens with zero attached hydrogens (tertiary/aromatic N) is 2. The molecule has 7 heteroatoms. The molecule has 2 rings (SSSR count). The number of aromatic nitrogens is 1. The standard InChI is InChI=1S/C15H23N3O3S/c1-18(14-6-9-22(20,21)12-14)11-15(19)17-8-3-5-13-4-2-7-16-10-13/h2,4,7,10,14H,3,5-6,8-9,11-12H2,1H3,(H,17,19). The number of hydrogen-bond donors (Lipinski definition) is 1. The topological polar surface area (TPSA) is 79.4 Å². The van der Waals surface area contributed by atoms with E-state index < -0.39 is 9.84 Å². The molecule has 0 spiro atoms. The van der Waals surface area contributed by atoms with E-state index in [-0.39, 0.29) is 30.0 Å². The number of sulfone groups is 1. The van der Waals surface area contributed by atoms with Gasteiger partial charge < -0.3 is 5.32 Å². The smallest absolute Gasteiger partial charge is 0.234 e. The van der Waals surface area contributed by atoms with Crippen LogP contribution in [0.1, 0.15) is 18.4 Å². The zero-order valence-electron chi connectivity index (χ0n) is 12.9. The van der Waals surface area contributed by atoms with Crippen LogP contribution in [0.5, 0.6) is 0 Å². The predicted octanol–water partition coefficient (Wildman–Crippen LogP) is 0.249. The molecule has 6 nitrogen and oxygen atoms in total. The lowest BCUT2D eigenvalue weighted by Gasteiger charge is -2.22. The second kappa shape index (κ2) is 7.69. The van der Waals surface area contributed by atoms with Crippen molar-refractivity contribution in [1.82, 2.24) is 15.2 Å². The van der Waals surface area contributed by atoms with Crippen LogP contribution in [0, 0.1) is 0 Å². The van der Waals surface area contributed by atoms with Crippen molar-refractivity contribution in [3.63, 3.8) is 0 Å². The number of nitrogens with one attached hydrogen (secondary N) is 1. The summed E-state index contributed by atoms with van der Waals surface area (Å²) < 4.78 is 22.9. The van der Waals surface area contributed by atoms with Crippen LogP contribution in [0.25, 0.3) is 0 Å². The summed E-state index contributed by atoms with van der Waals surface area (Å²) in [6, 6.07) is 3.88. The highest BCUT2D eigenvalue weighted by Crippen LogP contribution is 2.15. The monoisotopic (exact) mass is 325 g/mol. The first-order valence-electron chi connectivity index (χ1n) is 7.52. The van der Waals surface area contributed by atoms with Crippen LogP contribution < -0.4 is 5.32 Å². The first-order valence-corrected chi connectivity index (χ1v) is 9.35. The van der Waals surface area contributed by atoms with Crippen molar-refractivity contribution in [1.29, 1.82) is 0 Å². The molecule has 1 fully saturated rings. The van der Waals surface area contributed by atoms with Gasteiger partial charge in [-0.2, -0.15) is 0 Å². The maximum atomic E-state index is 11.9. The van der Waals surface area contributed by atoms with E-state index >= 15 is 0 Å². The molecule has 122 valence electrons. The summed E-state index contributed by atoms with van der Waals surface area (Å²) in [5, 5.41) is 2.88. The van der Waals surface area contributed by atoms with Gasteiger partial charge in [0.2, 0.25) is 5.91 Å². The van der Waals surface area contributed by atoms with E-state index in [1.807, 2.05) is 23.2 Å². The van der Waals surface area contributed by atoms with Crippen molar-refractivity contribution in [2.45, 2.75) is 25.3 Å². The molecule has 1 atom stereocenters. The number of hydrogen-bond acceptors (Lipinski definition) is 5. The lowest BCUT2D eigenvalue weighted by molar-refractivity contribution is -0.122. The average molecular weight is 325 g/mol. The molecule has 1 aliphatic heterocycles. The number of aryl methyl sites for hydroxylation is 1. The van der Waals surface area contributed by atoms with E-state index in [4.69, 9.17) is 0 Å². The lowest BCUT2D eigenvalue weighted by atomic mass is 10.1. The van der Waals surface area contributed by atoms with Crippen molar-refractivity contribution < 1.29 is 13.2 Å². The summed E-state index contributed by atoms with van der Waals surface area (Å²) in [6.07, 6.45) is 5.93. The largest absolute Gasteiger partial charge is 0.355 e. The Morgan fingerprint density at radius 1 is 1.50 bits per heavy atom. The molecule has 0 saturated carbocycles. The van der Waals surface area contributed by atoms with Gasteiger partial charge in [-0.3, -0.25) is 14.7 Å². The zero-order chi connectivity index (χ0) is 16.0. The van der Waals surface area contributed by atoms with Gasteiger partial charge in [-0.05, 0) is 37.9 Å². The maximum absolute atomic E-state index is 11.9. The van der Waals surface area contributed by atoms with Crippen LogP contribution in [0.15, 0.2) is 24.5 Å². The van der Waals surface area contributed by atoms with Crippen molar-refractivity contribution in [2.24, 2.45) is 0 Å². The minimum Gasteiger partial charge on any atom is -0.355 e. The Balaban J connectivity index is 1.63. The SMILES string of the molecule is CN(CC(=O)NCCCc1cccnc1)C1CCS(=O)(=O)C1. The van der Waals surface area contributed by atoms with E-state index in [1.54, 1.807) is 13.2 Å². The lowest BCUT2D eigenvalue weighted by Crippen LogP contribution is -2.41. The fourth-order valence-corrected chi connectivity index (χ4v) is 4.41. The van der Waals surface area contributed by atoms with Crippen molar-refractivity contribution >= 4 is 15.7 Å². The van der Waals surface area contributed by atoms with Gasteiger partial charge in [0.1, 0.15) is 0 Å². The van der Waals surface area contributed by atoms with Gasteiger partial charge in [-0.15, -0.1) is 0 Å². The summed E-state index contributed by atoms with van der Waals surface area (Å²) in [6.45, 7) is 0.859. The van der Waals surface area contributed by atoms with Crippen molar-refractivity contribution in [3.8, 4) is 0 Å². The van der Waals surface area contributed by atoms with Crippen LogP contribution in [0.3, 0.4) is 0 Å². The van der Waals surface area contributed by atoms with E-state index in [0.717, 1.165) is 18.4 Å². The minimum absolute atomic E-state index is 0.0360. The molecule has 1 aromatic rings. The van der Waals surface area contributed by atoms with Crippen LogP contribution in [0.2, 0.25) is 0 Å². The van der Waals surface area contributed by atoms with Gasteiger partial charge in [0.25, 0.3) is 0 Å². The highest BCUT2D eigenvalue weighted by atomic mass is 32.2. The molecule has 1 aromatic heterocycles. The second-order valence-electron chi connectivity index (χ2n) is 5.79. The Morgan fingerprint density at radius 3 is 2.95 bits per heavy atom. The van der Waals surface area contributed by atoms with Gasteiger partial charge in [-0.25, -0.2) is 8.42 Å². The first kappa shape index (κ1) is 16.9. The molecule has 22 heavy (non-hydrogen) atoms. The average Bonchev–Trinajstić information content (AvgIpc) is 2.85. The summed E-state index contributed by atoms with van der Waals surface area (Å²) in [5.74, 6) is 0.338. The Labute approximate surface area is 131 Å². The van der Waals surface area contributed by atoms with Gasteiger partial charge in [0.05, 0.1) is 18.1 Å². The highest BCUT2D eigenvalue weighted by Gasteiger charge is 2.31. The number of carbonyl (C=O) groups is 1. The van der Waals surface area contributed by atoms with Crippen LogP contribution in [-0.2, 0) is 21.1 Å². The third-order valence-corrected chi connectivity index (χ3v) is 5.66. The van der Waals surface area contributed by atoms with Gasteiger partial charge >= 0.3 is 0 Å². The molecular formula is C15H23N3O3S. The third kappa shape index (κ3) is 5.38. The van der Waals surface area contributed by atoms with Crippen LogP contribution in [-0.4, -0.2) is 61.9 Å². The van der Waals surface area contributed by atoms with Crippen molar-refractivity contribution in [2.75, 3.05) is 31.6 Å². The van der Waals surface area contributed by atoms with E-state index in [0.29, 0.717) is 13.0 Å². The molecule has 1 saturated heterocycles. The number of rotatable bonds is 7. The molecule has 1 aliphatic rings. The van der Waals surface area contributed by atoms with E-state index in [9.17, 15) is 13.2 Å². The normalized spacial score (nSPS) is 20.2. The predicted molar refractivity (Wildman–Crippen MR) is 85.3 cm³/mol. The molecule has 1 amide bonds. The zero-order valence-corrected chi connectivity index (χ0v) is 13.7. The first-order chi connectivity index (χ1) is 10.5. The quantitative estimate of drug-likeness (QED) is 0.727. The Hall–Kier alpha value is -1.47. The number of carbonyl (C=O) groups excluding carboxylic acids is 1. The fraction of sp³-hybridized carbons (Fsp3) is 0.600. The molecule has 0 aliphatic carbocycles. The minimum atomic E-state index is -2.91. The Kier molecular flexibility index (Phi) is 5.90. The van der Waals surface area contributed by atoms with Crippen LogP contribution >= 0.6 is 0 Å². The molecular weight excluding hydrogens is 302 g/mol. The molecule has 1 N–H and O–H groups in total. The van der Waals surface area contributed by atoms with Crippen LogP contribution in [0.4, 0.5) is 0 Å². The second-order valence-corrected chi connectivity index (χ2v) is 8.02. The van der Waals surface area contributed by atoms with Gasteiger partial charge in [-0.1, -0.05) is 6.07 Å². The molecule has 2 heterocycles. The summed E-state index contributed by atoms with van der Waals surface area (Å²) in [4.78, 5) is 17.8. The van der Waals surface area contributed by atoms with Crippen molar-refractivity contribution in [3.05, 3.63) is 30.1 Å². The molecule has 0 bridgehead atoms. The van der Waals surface area contributed by atoms with E-state index in [2.05, 4.69) is 10.3 Å². The number of amides is 1. The number of pyridine rings is 1. The molecule has 0 aromatic carbocycles. The number of likely N-dealkylation sites (N-methyl/N-ethyl adjacent to an activating group) is 1. The molecule has 1 unspecified atom stereocenters. The Morgan fingerprint density at radius 2 is 2.32 bits per heavy atom. The maximum Gasteiger partial charge on any atom is 0.234 e. The fourth-order valence-electron chi connectivity index (χ4n) is 2.60. The van der Waals surface area contributed by atoms with E-state index in [1.165, 1.54) is 0 Å². The highest BCUT2D eigenvalue weighted by molar-refractivity contribution is 7.91. The van der Waals surface area contributed by atoms with Gasteiger partial charge in [0, 0.05) is 25.0 Å². The summed E-state index contributed by atoms with van der Waals surface area (Å²) in [5.41, 5.74) is 1.16.